The number of hydrogen-bond acceptors (Lipinski definition) is 4. The number of rotatable bonds is 7. The zero-order chi connectivity index (χ0) is 12.9. The minimum Gasteiger partial charge on any atom is -0.379 e. The molecule has 0 aliphatic rings. The Bertz CT molecular complexity index is 347. The summed E-state index contributed by atoms with van der Waals surface area (Å²) < 4.78 is 11.0. The molecule has 0 aromatic carbocycles. The lowest BCUT2D eigenvalue weighted by Gasteiger charge is -2.22. The molecule has 0 unspecified atom stereocenters. The fourth-order valence-electron chi connectivity index (χ4n) is 1.43. The van der Waals surface area contributed by atoms with Crippen molar-refractivity contribution in [3.63, 3.8) is 0 Å². The third kappa shape index (κ3) is 4.76. The minimum absolute atomic E-state index is 0.105. The number of aryl methyl sites for hydroxylation is 1. The lowest BCUT2D eigenvalue weighted by atomic mass is 10.1. The maximum absolute atomic E-state index is 5.68. The van der Waals surface area contributed by atoms with E-state index in [0.717, 1.165) is 6.42 Å². The zero-order valence-corrected chi connectivity index (χ0v) is 12.0. The fourth-order valence-corrected chi connectivity index (χ4v) is 2.36. The van der Waals surface area contributed by atoms with Gasteiger partial charge in [-0.1, -0.05) is 0 Å². The SMILES string of the molecule is COC(C)(C)CCOCc1cc(CN)sc1C. The second-order valence-electron chi connectivity index (χ2n) is 4.76. The summed E-state index contributed by atoms with van der Waals surface area (Å²) in [6.45, 7) is 8.25. The Morgan fingerprint density at radius 2 is 2.12 bits per heavy atom. The van der Waals surface area contributed by atoms with Gasteiger partial charge in [0.05, 0.1) is 12.2 Å². The van der Waals surface area contributed by atoms with E-state index < -0.39 is 0 Å². The third-order valence-electron chi connectivity index (χ3n) is 2.93. The normalized spacial score (nSPS) is 12.1. The number of ether oxygens (including phenoxy) is 2. The molecule has 0 atom stereocenters. The smallest absolute Gasteiger partial charge is 0.0727 e. The summed E-state index contributed by atoms with van der Waals surface area (Å²) in [6, 6.07) is 2.14. The fraction of sp³-hybridized carbons (Fsp3) is 0.692. The molecule has 0 saturated carbocycles. The molecule has 0 amide bonds. The standard InChI is InChI=1S/C13H23NO2S/c1-10-11(7-12(8-14)17-10)9-16-6-5-13(2,3)15-4/h7H,5-6,8-9,14H2,1-4H3. The first kappa shape index (κ1) is 14.6. The van der Waals surface area contributed by atoms with Crippen molar-refractivity contribution in [3.8, 4) is 0 Å². The monoisotopic (exact) mass is 257 g/mol. The van der Waals surface area contributed by atoms with Crippen LogP contribution in [0.15, 0.2) is 6.07 Å². The summed E-state index contributed by atoms with van der Waals surface area (Å²) in [7, 11) is 1.73. The highest BCUT2D eigenvalue weighted by atomic mass is 32.1. The van der Waals surface area contributed by atoms with Gasteiger partial charge in [0.15, 0.2) is 0 Å². The molecule has 17 heavy (non-hydrogen) atoms. The molecular weight excluding hydrogens is 234 g/mol. The molecule has 1 aromatic rings. The second-order valence-corrected chi connectivity index (χ2v) is 6.11. The van der Waals surface area contributed by atoms with Crippen LogP contribution in [0.4, 0.5) is 0 Å². The highest BCUT2D eigenvalue weighted by Gasteiger charge is 2.15. The van der Waals surface area contributed by atoms with Gasteiger partial charge >= 0.3 is 0 Å². The largest absolute Gasteiger partial charge is 0.379 e. The van der Waals surface area contributed by atoms with Crippen molar-refractivity contribution in [3.05, 3.63) is 21.4 Å². The summed E-state index contributed by atoms with van der Waals surface area (Å²) >= 11 is 1.75. The van der Waals surface area contributed by atoms with Gasteiger partial charge in [0.1, 0.15) is 0 Å². The van der Waals surface area contributed by atoms with Crippen LogP contribution in [0, 0.1) is 6.92 Å². The second kappa shape index (κ2) is 6.50. The summed E-state index contributed by atoms with van der Waals surface area (Å²) in [5, 5.41) is 0. The lowest BCUT2D eigenvalue weighted by Crippen LogP contribution is -2.24. The molecule has 0 fully saturated rings. The Hall–Kier alpha value is -0.420. The maximum atomic E-state index is 5.68. The van der Waals surface area contributed by atoms with Gasteiger partial charge in [-0.15, -0.1) is 11.3 Å². The van der Waals surface area contributed by atoms with Crippen LogP contribution >= 0.6 is 11.3 Å². The van der Waals surface area contributed by atoms with E-state index in [0.29, 0.717) is 19.8 Å². The van der Waals surface area contributed by atoms with Crippen molar-refractivity contribution < 1.29 is 9.47 Å². The molecule has 3 nitrogen and oxygen atoms in total. The first-order chi connectivity index (χ1) is 7.98. The Balaban J connectivity index is 2.33. The third-order valence-corrected chi connectivity index (χ3v) is 4.05. The predicted molar refractivity (Wildman–Crippen MR) is 72.3 cm³/mol. The highest BCUT2D eigenvalue weighted by molar-refractivity contribution is 7.12. The molecular formula is C13H23NO2S. The molecule has 0 aliphatic heterocycles. The quantitative estimate of drug-likeness (QED) is 0.764. The van der Waals surface area contributed by atoms with Crippen LogP contribution < -0.4 is 5.73 Å². The number of thiophene rings is 1. The van der Waals surface area contributed by atoms with E-state index in [1.807, 2.05) is 0 Å². The van der Waals surface area contributed by atoms with E-state index in [2.05, 4.69) is 26.8 Å². The van der Waals surface area contributed by atoms with Crippen molar-refractivity contribution in [2.24, 2.45) is 5.73 Å². The van der Waals surface area contributed by atoms with Gasteiger partial charge in [-0.25, -0.2) is 0 Å². The van der Waals surface area contributed by atoms with Gasteiger partial charge < -0.3 is 15.2 Å². The van der Waals surface area contributed by atoms with E-state index in [4.69, 9.17) is 15.2 Å². The van der Waals surface area contributed by atoms with Gasteiger partial charge in [0.2, 0.25) is 0 Å². The molecule has 0 spiro atoms. The van der Waals surface area contributed by atoms with Crippen molar-refractivity contribution in [2.45, 2.75) is 45.9 Å². The van der Waals surface area contributed by atoms with Crippen LogP contribution in [-0.2, 0) is 22.6 Å². The van der Waals surface area contributed by atoms with E-state index >= 15 is 0 Å². The Morgan fingerprint density at radius 1 is 1.41 bits per heavy atom. The van der Waals surface area contributed by atoms with Gasteiger partial charge in [-0.3, -0.25) is 0 Å². The lowest BCUT2D eigenvalue weighted by molar-refractivity contribution is -0.0124. The predicted octanol–water partition coefficient (Wildman–Crippen LogP) is 2.85. The van der Waals surface area contributed by atoms with E-state index in [1.54, 1.807) is 18.4 Å². The first-order valence-corrected chi connectivity index (χ1v) is 6.71. The van der Waals surface area contributed by atoms with Crippen molar-refractivity contribution >= 4 is 11.3 Å². The Labute approximate surface area is 108 Å². The maximum Gasteiger partial charge on any atom is 0.0727 e. The molecule has 0 bridgehead atoms. The van der Waals surface area contributed by atoms with E-state index in [1.165, 1.54) is 15.3 Å². The van der Waals surface area contributed by atoms with Crippen LogP contribution in [0.3, 0.4) is 0 Å². The van der Waals surface area contributed by atoms with Crippen molar-refractivity contribution in [1.29, 1.82) is 0 Å². The summed E-state index contributed by atoms with van der Waals surface area (Å²) in [5.74, 6) is 0. The molecule has 98 valence electrons. The van der Waals surface area contributed by atoms with Crippen LogP contribution in [0.25, 0.3) is 0 Å². The summed E-state index contributed by atoms with van der Waals surface area (Å²) in [6.07, 6.45) is 0.899. The number of nitrogens with two attached hydrogens (primary N) is 1. The topological polar surface area (TPSA) is 44.5 Å². The van der Waals surface area contributed by atoms with Crippen LogP contribution in [0.5, 0.6) is 0 Å². The van der Waals surface area contributed by atoms with Gasteiger partial charge in [-0.2, -0.15) is 0 Å². The molecule has 0 radical (unpaired) electrons. The van der Waals surface area contributed by atoms with Crippen LogP contribution in [0.1, 0.15) is 35.6 Å². The molecule has 0 saturated heterocycles. The minimum atomic E-state index is -0.105. The van der Waals surface area contributed by atoms with E-state index in [-0.39, 0.29) is 5.60 Å². The molecule has 0 aliphatic carbocycles. The van der Waals surface area contributed by atoms with Crippen molar-refractivity contribution in [2.75, 3.05) is 13.7 Å². The van der Waals surface area contributed by atoms with Gasteiger partial charge in [-0.05, 0) is 38.8 Å². The molecule has 4 heteroatoms. The summed E-state index contributed by atoms with van der Waals surface area (Å²) in [5.41, 5.74) is 6.77. The Morgan fingerprint density at radius 3 is 2.65 bits per heavy atom. The average Bonchev–Trinajstić information content (AvgIpc) is 2.66. The molecule has 2 N–H and O–H groups in total. The molecule has 1 heterocycles. The van der Waals surface area contributed by atoms with Gasteiger partial charge in [0.25, 0.3) is 0 Å². The van der Waals surface area contributed by atoms with E-state index in [9.17, 15) is 0 Å². The highest BCUT2D eigenvalue weighted by Crippen LogP contribution is 2.22. The number of hydrogen-bond donors (Lipinski definition) is 1. The Kier molecular flexibility index (Phi) is 5.59. The molecule has 1 rings (SSSR count). The summed E-state index contributed by atoms with van der Waals surface area (Å²) in [4.78, 5) is 2.52. The first-order valence-electron chi connectivity index (χ1n) is 5.89. The average molecular weight is 257 g/mol. The van der Waals surface area contributed by atoms with Crippen LogP contribution in [-0.4, -0.2) is 19.3 Å². The van der Waals surface area contributed by atoms with Crippen molar-refractivity contribution in [1.82, 2.24) is 0 Å². The zero-order valence-electron chi connectivity index (χ0n) is 11.2. The van der Waals surface area contributed by atoms with Gasteiger partial charge in [0, 0.05) is 30.0 Å². The molecule has 1 aromatic heterocycles. The van der Waals surface area contributed by atoms with Crippen LogP contribution in [0.2, 0.25) is 0 Å². The number of methoxy groups -OCH3 is 1.